The van der Waals surface area contributed by atoms with E-state index >= 15 is 0 Å². The lowest BCUT2D eigenvalue weighted by Crippen LogP contribution is -2.43. The molecule has 2 N–H and O–H groups in total. The third-order valence-corrected chi connectivity index (χ3v) is 2.17. The fourth-order valence-electron chi connectivity index (χ4n) is 1.33. The largest absolute Gasteiger partial charge is 0.548 e. The molecule has 1 rings (SSSR count). The Morgan fingerprint density at radius 2 is 2.06 bits per heavy atom. The zero-order valence-corrected chi connectivity index (χ0v) is 8.80. The van der Waals surface area contributed by atoms with Crippen LogP contribution in [0.4, 0.5) is 0 Å². The summed E-state index contributed by atoms with van der Waals surface area (Å²) < 4.78 is 4.58. The number of hydrogen-bond donors (Lipinski definition) is 1. The van der Waals surface area contributed by atoms with Crippen LogP contribution in [0, 0.1) is 0 Å². The van der Waals surface area contributed by atoms with Crippen molar-refractivity contribution >= 4 is 11.9 Å². The van der Waals surface area contributed by atoms with Gasteiger partial charge in [0.25, 0.3) is 0 Å². The van der Waals surface area contributed by atoms with Crippen molar-refractivity contribution in [2.45, 2.75) is 12.5 Å². The molecule has 0 heterocycles. The van der Waals surface area contributed by atoms with Gasteiger partial charge in [-0.3, -0.25) is 0 Å². The number of hydrogen-bond acceptors (Lipinski definition) is 5. The second-order valence-corrected chi connectivity index (χ2v) is 3.28. The van der Waals surface area contributed by atoms with Crippen molar-refractivity contribution in [1.82, 2.24) is 0 Å². The van der Waals surface area contributed by atoms with Crippen molar-refractivity contribution in [2.24, 2.45) is 5.73 Å². The average Bonchev–Trinajstić information content (AvgIpc) is 2.28. The second kappa shape index (κ2) is 5.27. The highest BCUT2D eigenvalue weighted by atomic mass is 16.5. The molecule has 0 radical (unpaired) electrons. The zero-order chi connectivity index (χ0) is 12.1. The fourth-order valence-corrected chi connectivity index (χ4v) is 1.33. The third-order valence-electron chi connectivity index (χ3n) is 2.17. The molecule has 0 aliphatic heterocycles. The first-order valence-electron chi connectivity index (χ1n) is 4.69. The number of benzene rings is 1. The van der Waals surface area contributed by atoms with Crippen LogP contribution in [0.1, 0.15) is 15.9 Å². The number of esters is 1. The molecule has 0 bridgehead atoms. The maximum Gasteiger partial charge on any atom is 0.338 e. The molecule has 0 aliphatic carbocycles. The van der Waals surface area contributed by atoms with E-state index in [1.807, 2.05) is 0 Å². The van der Waals surface area contributed by atoms with Gasteiger partial charge in [0.2, 0.25) is 0 Å². The van der Waals surface area contributed by atoms with Gasteiger partial charge in [-0.1, -0.05) is 18.2 Å². The molecule has 0 aliphatic rings. The van der Waals surface area contributed by atoms with E-state index in [2.05, 4.69) is 4.74 Å². The average molecular weight is 222 g/mol. The lowest BCUT2D eigenvalue weighted by molar-refractivity contribution is -0.307. The van der Waals surface area contributed by atoms with Crippen molar-refractivity contribution in [3.8, 4) is 0 Å². The van der Waals surface area contributed by atoms with E-state index < -0.39 is 18.0 Å². The Morgan fingerprint density at radius 3 is 2.62 bits per heavy atom. The van der Waals surface area contributed by atoms with Crippen molar-refractivity contribution in [2.75, 3.05) is 7.11 Å². The summed E-state index contributed by atoms with van der Waals surface area (Å²) >= 11 is 0. The predicted octanol–water partition coefficient (Wildman–Crippen LogP) is -0.907. The van der Waals surface area contributed by atoms with Gasteiger partial charge in [0, 0.05) is 6.04 Å². The number of carbonyl (C=O) groups is 2. The summed E-state index contributed by atoms with van der Waals surface area (Å²) in [7, 11) is 1.26. The van der Waals surface area contributed by atoms with Crippen molar-refractivity contribution in [3.05, 3.63) is 35.4 Å². The molecule has 0 saturated carbocycles. The highest BCUT2D eigenvalue weighted by molar-refractivity contribution is 5.91. The maximum absolute atomic E-state index is 11.4. The van der Waals surface area contributed by atoms with E-state index in [1.165, 1.54) is 7.11 Å². The minimum absolute atomic E-state index is 0.0353. The lowest BCUT2D eigenvalue weighted by atomic mass is 10.0. The van der Waals surface area contributed by atoms with Gasteiger partial charge in [-0.2, -0.15) is 0 Å². The summed E-state index contributed by atoms with van der Waals surface area (Å²) in [5.41, 5.74) is 6.20. The monoisotopic (exact) mass is 222 g/mol. The summed E-state index contributed by atoms with van der Waals surface area (Å²) in [5.74, 6) is -1.86. The Morgan fingerprint density at radius 1 is 1.44 bits per heavy atom. The van der Waals surface area contributed by atoms with E-state index in [0.717, 1.165) is 0 Å². The minimum Gasteiger partial charge on any atom is -0.548 e. The van der Waals surface area contributed by atoms with Gasteiger partial charge < -0.3 is 20.4 Å². The number of carbonyl (C=O) groups excluding carboxylic acids is 2. The first-order valence-corrected chi connectivity index (χ1v) is 4.69. The highest BCUT2D eigenvalue weighted by Crippen LogP contribution is 2.11. The highest BCUT2D eigenvalue weighted by Gasteiger charge is 2.13. The van der Waals surface area contributed by atoms with E-state index in [1.54, 1.807) is 24.3 Å². The summed E-state index contributed by atoms with van der Waals surface area (Å²) in [6.07, 6.45) is 0.0353. The Hall–Kier alpha value is -1.88. The van der Waals surface area contributed by atoms with Gasteiger partial charge in [-0.15, -0.1) is 0 Å². The maximum atomic E-state index is 11.4. The van der Waals surface area contributed by atoms with Crippen molar-refractivity contribution < 1.29 is 19.4 Å². The van der Waals surface area contributed by atoms with Gasteiger partial charge in [0.05, 0.1) is 18.6 Å². The molecule has 5 heteroatoms. The fraction of sp³-hybridized carbons (Fsp3) is 0.273. The van der Waals surface area contributed by atoms with Crippen LogP contribution in [0.3, 0.4) is 0 Å². The molecule has 0 fully saturated rings. The van der Waals surface area contributed by atoms with Crippen LogP contribution in [0.25, 0.3) is 0 Å². The number of carboxylic acids is 1. The van der Waals surface area contributed by atoms with Gasteiger partial charge in [0.15, 0.2) is 0 Å². The lowest BCUT2D eigenvalue weighted by Gasteiger charge is -2.14. The Balaban J connectivity index is 2.95. The molecule has 16 heavy (non-hydrogen) atoms. The smallest absolute Gasteiger partial charge is 0.338 e. The minimum atomic E-state index is -1.35. The summed E-state index contributed by atoms with van der Waals surface area (Å²) in [5, 5.41) is 10.5. The molecule has 0 amide bonds. The third kappa shape index (κ3) is 2.80. The van der Waals surface area contributed by atoms with Crippen molar-refractivity contribution in [3.63, 3.8) is 0 Å². The van der Waals surface area contributed by atoms with Crippen LogP contribution in [0.15, 0.2) is 24.3 Å². The van der Waals surface area contributed by atoms with Gasteiger partial charge in [-0.25, -0.2) is 4.79 Å². The molecule has 1 aromatic rings. The van der Waals surface area contributed by atoms with Gasteiger partial charge in [-0.05, 0) is 18.1 Å². The molecule has 0 unspecified atom stereocenters. The normalized spacial score (nSPS) is 11.9. The number of methoxy groups -OCH3 is 1. The Kier molecular flexibility index (Phi) is 4.02. The molecule has 1 aromatic carbocycles. The summed E-state index contributed by atoms with van der Waals surface area (Å²) in [6.45, 7) is 0. The molecule has 86 valence electrons. The quantitative estimate of drug-likeness (QED) is 0.666. The number of carboxylic acid groups (broad SMARTS) is 1. The van der Waals surface area contributed by atoms with Crippen LogP contribution >= 0.6 is 0 Å². The second-order valence-electron chi connectivity index (χ2n) is 3.28. The standard InChI is InChI=1S/C11H13NO4/c1-16-11(15)8-5-3-2-4-7(8)6-9(12)10(13)14/h2-5,9H,6,12H2,1H3,(H,13,14)/p-1/t9-/m0/s1. The molecular formula is C11H12NO4-. The number of aliphatic carboxylic acids is 1. The van der Waals surface area contributed by atoms with Crippen LogP contribution in [-0.2, 0) is 16.0 Å². The van der Waals surface area contributed by atoms with Crippen LogP contribution in [-0.4, -0.2) is 25.1 Å². The molecular weight excluding hydrogens is 210 g/mol. The predicted molar refractivity (Wildman–Crippen MR) is 54.5 cm³/mol. The SMILES string of the molecule is COC(=O)c1ccccc1C[C@H](N)C(=O)[O-]. The first-order chi connectivity index (χ1) is 7.56. The van der Waals surface area contributed by atoms with Crippen LogP contribution in [0.5, 0.6) is 0 Å². The molecule has 0 saturated heterocycles. The molecule has 1 atom stereocenters. The summed E-state index contributed by atoms with van der Waals surface area (Å²) in [6, 6.07) is 5.42. The number of ether oxygens (including phenoxy) is 1. The van der Waals surface area contributed by atoms with E-state index in [-0.39, 0.29) is 6.42 Å². The van der Waals surface area contributed by atoms with E-state index in [9.17, 15) is 14.7 Å². The molecule has 0 aromatic heterocycles. The Bertz CT molecular complexity index is 403. The molecule has 5 nitrogen and oxygen atoms in total. The van der Waals surface area contributed by atoms with E-state index in [4.69, 9.17) is 5.73 Å². The van der Waals surface area contributed by atoms with Crippen LogP contribution < -0.4 is 10.8 Å². The number of rotatable bonds is 4. The Labute approximate surface area is 92.8 Å². The zero-order valence-electron chi connectivity index (χ0n) is 8.80. The molecule has 0 spiro atoms. The van der Waals surface area contributed by atoms with Crippen LogP contribution in [0.2, 0.25) is 0 Å². The van der Waals surface area contributed by atoms with E-state index in [0.29, 0.717) is 11.1 Å². The van der Waals surface area contributed by atoms with Gasteiger partial charge in [0.1, 0.15) is 0 Å². The van der Waals surface area contributed by atoms with Crippen molar-refractivity contribution in [1.29, 1.82) is 0 Å². The van der Waals surface area contributed by atoms with Gasteiger partial charge >= 0.3 is 5.97 Å². The summed E-state index contributed by atoms with van der Waals surface area (Å²) in [4.78, 5) is 21.9. The first kappa shape index (κ1) is 12.2. The topological polar surface area (TPSA) is 92.5 Å². The number of nitrogens with two attached hydrogens (primary N) is 1.